The number of rotatable bonds is 12. The molecule has 0 atom stereocenters. The van der Waals surface area contributed by atoms with Crippen molar-refractivity contribution in [3.8, 4) is 0 Å². The van der Waals surface area contributed by atoms with E-state index in [-0.39, 0.29) is 36.0 Å². The molecule has 0 aromatic rings. The zero-order valence-corrected chi connectivity index (χ0v) is 13.5. The van der Waals surface area contributed by atoms with E-state index in [0.717, 1.165) is 25.9 Å². The van der Waals surface area contributed by atoms with Crippen LogP contribution in [0.5, 0.6) is 0 Å². The number of carboxylic acids is 1. The SMILES string of the molecule is COCCCCCCCCCCCC(=O)[O-].[Na+]. The number of carboxylic acid groups (broad SMARTS) is 1. The van der Waals surface area contributed by atoms with Crippen LogP contribution in [0.2, 0.25) is 0 Å². The Morgan fingerprint density at radius 2 is 1.29 bits per heavy atom. The molecule has 0 aliphatic heterocycles. The van der Waals surface area contributed by atoms with E-state index in [2.05, 4.69) is 0 Å². The summed E-state index contributed by atoms with van der Waals surface area (Å²) < 4.78 is 4.98. The Morgan fingerprint density at radius 3 is 1.71 bits per heavy atom. The number of hydrogen-bond acceptors (Lipinski definition) is 3. The minimum atomic E-state index is -0.918. The number of carbonyl (C=O) groups excluding carboxylic acids is 1. The first-order valence-electron chi connectivity index (χ1n) is 6.46. The van der Waals surface area contributed by atoms with Crippen LogP contribution in [-0.4, -0.2) is 19.7 Å². The van der Waals surface area contributed by atoms with Crippen LogP contribution in [0.4, 0.5) is 0 Å². The van der Waals surface area contributed by atoms with Crippen LogP contribution in [0.25, 0.3) is 0 Å². The van der Waals surface area contributed by atoms with Gasteiger partial charge < -0.3 is 14.6 Å². The van der Waals surface area contributed by atoms with Gasteiger partial charge in [-0.05, 0) is 19.3 Å². The topological polar surface area (TPSA) is 49.4 Å². The van der Waals surface area contributed by atoms with Gasteiger partial charge in [-0.25, -0.2) is 0 Å². The predicted octanol–water partition coefficient (Wildman–Crippen LogP) is -0.712. The van der Waals surface area contributed by atoms with Crippen molar-refractivity contribution >= 4 is 5.97 Å². The number of aliphatic carboxylic acids is 1. The number of hydrogen-bond donors (Lipinski definition) is 0. The van der Waals surface area contributed by atoms with E-state index in [4.69, 9.17) is 4.74 Å². The van der Waals surface area contributed by atoms with Crippen molar-refractivity contribution in [2.24, 2.45) is 0 Å². The minimum absolute atomic E-state index is 0. The molecule has 0 rings (SSSR count). The van der Waals surface area contributed by atoms with Crippen LogP contribution in [0.3, 0.4) is 0 Å². The van der Waals surface area contributed by atoms with E-state index >= 15 is 0 Å². The minimum Gasteiger partial charge on any atom is -0.550 e. The number of ether oxygens (including phenoxy) is 1. The fourth-order valence-electron chi connectivity index (χ4n) is 1.75. The van der Waals surface area contributed by atoms with Crippen LogP contribution in [0.15, 0.2) is 0 Å². The summed E-state index contributed by atoms with van der Waals surface area (Å²) in [5.41, 5.74) is 0. The second-order valence-corrected chi connectivity index (χ2v) is 4.30. The molecule has 0 radical (unpaired) electrons. The van der Waals surface area contributed by atoms with Gasteiger partial charge in [0.2, 0.25) is 0 Å². The van der Waals surface area contributed by atoms with Crippen LogP contribution in [-0.2, 0) is 9.53 Å². The predicted molar refractivity (Wildman–Crippen MR) is 63.1 cm³/mol. The maximum absolute atomic E-state index is 10.1. The summed E-state index contributed by atoms with van der Waals surface area (Å²) in [4.78, 5) is 10.1. The van der Waals surface area contributed by atoms with E-state index in [1.807, 2.05) is 0 Å². The average molecular weight is 252 g/mol. The molecule has 0 N–H and O–H groups in total. The third kappa shape index (κ3) is 19.0. The molecule has 17 heavy (non-hydrogen) atoms. The van der Waals surface area contributed by atoms with E-state index in [1.165, 1.54) is 38.5 Å². The summed E-state index contributed by atoms with van der Waals surface area (Å²) in [7, 11) is 1.74. The Morgan fingerprint density at radius 1 is 0.882 bits per heavy atom. The van der Waals surface area contributed by atoms with Crippen molar-refractivity contribution in [1.82, 2.24) is 0 Å². The zero-order chi connectivity index (χ0) is 12.1. The molecular formula is C13H25NaO3. The van der Waals surface area contributed by atoms with Gasteiger partial charge in [-0.3, -0.25) is 0 Å². The third-order valence-corrected chi connectivity index (χ3v) is 2.73. The fourth-order valence-corrected chi connectivity index (χ4v) is 1.75. The summed E-state index contributed by atoms with van der Waals surface area (Å²) in [6.45, 7) is 0.878. The maximum Gasteiger partial charge on any atom is 1.00 e. The van der Waals surface area contributed by atoms with Crippen molar-refractivity contribution in [1.29, 1.82) is 0 Å². The summed E-state index contributed by atoms with van der Waals surface area (Å²) in [6.07, 6.45) is 10.7. The third-order valence-electron chi connectivity index (χ3n) is 2.73. The van der Waals surface area contributed by atoms with Crippen molar-refractivity contribution < 1.29 is 44.2 Å². The smallest absolute Gasteiger partial charge is 0.550 e. The molecule has 0 unspecified atom stereocenters. The van der Waals surface area contributed by atoms with Crippen LogP contribution >= 0.6 is 0 Å². The second kappa shape index (κ2) is 16.4. The van der Waals surface area contributed by atoms with E-state index in [9.17, 15) is 9.90 Å². The Bertz CT molecular complexity index is 163. The second-order valence-electron chi connectivity index (χ2n) is 4.30. The quantitative estimate of drug-likeness (QED) is 0.340. The van der Waals surface area contributed by atoms with Crippen LogP contribution in [0.1, 0.15) is 64.2 Å². The van der Waals surface area contributed by atoms with Gasteiger partial charge in [-0.2, -0.15) is 0 Å². The van der Waals surface area contributed by atoms with E-state index in [1.54, 1.807) is 7.11 Å². The average Bonchev–Trinajstić information content (AvgIpc) is 2.25. The standard InChI is InChI=1S/C13H26O3.Na/c1-16-12-10-8-6-4-2-3-5-7-9-11-13(14)15;/h2-12H2,1H3,(H,14,15);/q;+1/p-1. The Kier molecular flexibility index (Phi) is 19.1. The zero-order valence-electron chi connectivity index (χ0n) is 11.5. The van der Waals surface area contributed by atoms with Crippen LogP contribution in [0, 0.1) is 0 Å². The normalized spacial score (nSPS) is 9.94. The molecule has 0 heterocycles. The summed E-state index contributed by atoms with van der Waals surface area (Å²) in [5.74, 6) is -0.918. The van der Waals surface area contributed by atoms with Crippen molar-refractivity contribution in [3.63, 3.8) is 0 Å². The largest absolute Gasteiger partial charge is 1.00 e. The Balaban J connectivity index is 0. The molecule has 0 spiro atoms. The first-order valence-corrected chi connectivity index (χ1v) is 6.46. The molecule has 0 saturated carbocycles. The molecule has 0 aromatic carbocycles. The molecule has 0 fully saturated rings. The molecule has 0 bridgehead atoms. The van der Waals surface area contributed by atoms with Gasteiger partial charge in [0, 0.05) is 19.7 Å². The monoisotopic (exact) mass is 252 g/mol. The van der Waals surface area contributed by atoms with Crippen molar-refractivity contribution in [3.05, 3.63) is 0 Å². The summed E-state index contributed by atoms with van der Waals surface area (Å²) in [5, 5.41) is 10.1. The molecule has 96 valence electrons. The maximum atomic E-state index is 10.1. The molecule has 3 nitrogen and oxygen atoms in total. The first-order chi connectivity index (χ1) is 7.77. The van der Waals surface area contributed by atoms with E-state index < -0.39 is 5.97 Å². The number of methoxy groups -OCH3 is 1. The van der Waals surface area contributed by atoms with Gasteiger partial charge in [-0.15, -0.1) is 0 Å². The van der Waals surface area contributed by atoms with Gasteiger partial charge in [0.1, 0.15) is 0 Å². The summed E-state index contributed by atoms with van der Waals surface area (Å²) >= 11 is 0. The molecule has 0 aliphatic carbocycles. The molecule has 4 heteroatoms. The molecule has 0 aromatic heterocycles. The van der Waals surface area contributed by atoms with Gasteiger partial charge in [0.15, 0.2) is 0 Å². The van der Waals surface area contributed by atoms with Gasteiger partial charge >= 0.3 is 29.6 Å². The first kappa shape index (κ1) is 19.8. The molecule has 0 amide bonds. The number of unbranched alkanes of at least 4 members (excludes halogenated alkanes) is 8. The van der Waals surface area contributed by atoms with Crippen molar-refractivity contribution in [2.75, 3.05) is 13.7 Å². The Labute approximate surface area is 128 Å². The molecule has 0 aliphatic rings. The summed E-state index contributed by atoms with van der Waals surface area (Å²) in [6, 6.07) is 0. The molecular weight excluding hydrogens is 227 g/mol. The molecule has 0 saturated heterocycles. The van der Waals surface area contributed by atoms with Gasteiger partial charge in [-0.1, -0.05) is 44.9 Å². The van der Waals surface area contributed by atoms with Crippen LogP contribution < -0.4 is 34.7 Å². The van der Waals surface area contributed by atoms with Gasteiger partial charge in [0.05, 0.1) is 0 Å². The van der Waals surface area contributed by atoms with Gasteiger partial charge in [0.25, 0.3) is 0 Å². The number of carbonyl (C=O) groups is 1. The fraction of sp³-hybridized carbons (Fsp3) is 0.923. The van der Waals surface area contributed by atoms with E-state index in [0.29, 0.717) is 0 Å². The van der Waals surface area contributed by atoms with Crippen molar-refractivity contribution in [2.45, 2.75) is 64.2 Å². The Hall–Kier alpha value is 0.430.